The van der Waals surface area contributed by atoms with Crippen LogP contribution in [0.1, 0.15) is 11.4 Å². The molecule has 2 aromatic rings. The highest BCUT2D eigenvalue weighted by Crippen LogP contribution is 2.20. The number of rotatable bonds is 2. The van der Waals surface area contributed by atoms with Crippen molar-refractivity contribution in [2.75, 3.05) is 19.1 Å². The number of fused-ring (bicyclic) bond motifs is 1. The molecule has 0 fully saturated rings. The van der Waals surface area contributed by atoms with Gasteiger partial charge in [0.15, 0.2) is 0 Å². The first-order valence-corrected chi connectivity index (χ1v) is 5.36. The molecular formula is C11H11ClN4. The molecule has 0 saturated heterocycles. The van der Waals surface area contributed by atoms with E-state index in [1.165, 1.54) is 0 Å². The van der Waals surface area contributed by atoms with E-state index in [2.05, 4.69) is 11.1 Å². The van der Waals surface area contributed by atoms with E-state index in [1.807, 2.05) is 35.9 Å². The summed E-state index contributed by atoms with van der Waals surface area (Å²) in [6.45, 7) is 0. The molecule has 0 atom stereocenters. The molecule has 5 heteroatoms. The first kappa shape index (κ1) is 10.8. The van der Waals surface area contributed by atoms with Crippen LogP contribution in [-0.2, 0) is 5.88 Å². The number of nitriles is 1. The number of hydrogen-bond acceptors (Lipinski definition) is 3. The molecular weight excluding hydrogens is 224 g/mol. The second-order valence-corrected chi connectivity index (χ2v) is 3.87. The number of para-hydroxylation sites is 1. The Balaban J connectivity index is 2.83. The third-order valence-electron chi connectivity index (χ3n) is 2.37. The minimum absolute atomic E-state index is 0.317. The number of alkyl halides is 1. The second-order valence-electron chi connectivity index (χ2n) is 3.61. The van der Waals surface area contributed by atoms with E-state index in [4.69, 9.17) is 16.9 Å². The lowest BCUT2D eigenvalue weighted by molar-refractivity contribution is 0.719. The predicted molar refractivity (Wildman–Crippen MR) is 64.1 cm³/mol. The molecule has 16 heavy (non-hydrogen) atoms. The van der Waals surface area contributed by atoms with Crippen molar-refractivity contribution in [2.45, 2.75) is 5.88 Å². The van der Waals surface area contributed by atoms with Crippen LogP contribution in [0.15, 0.2) is 18.2 Å². The smallest absolute Gasteiger partial charge is 0.143 e. The van der Waals surface area contributed by atoms with Crippen LogP contribution >= 0.6 is 11.6 Å². The van der Waals surface area contributed by atoms with E-state index in [-0.39, 0.29) is 0 Å². The van der Waals surface area contributed by atoms with Crippen LogP contribution in [0.25, 0.3) is 11.0 Å². The lowest BCUT2D eigenvalue weighted by Gasteiger charge is -2.17. The number of benzene rings is 1. The van der Waals surface area contributed by atoms with Crippen LogP contribution in [-0.4, -0.2) is 23.8 Å². The van der Waals surface area contributed by atoms with Gasteiger partial charge in [0.1, 0.15) is 17.4 Å². The fourth-order valence-electron chi connectivity index (χ4n) is 1.76. The van der Waals surface area contributed by atoms with Gasteiger partial charge in [0.05, 0.1) is 17.0 Å². The van der Waals surface area contributed by atoms with Gasteiger partial charge in [0, 0.05) is 14.1 Å². The van der Waals surface area contributed by atoms with Gasteiger partial charge in [0.2, 0.25) is 0 Å². The fraction of sp³-hybridized carbons (Fsp3) is 0.273. The van der Waals surface area contributed by atoms with E-state index >= 15 is 0 Å². The quantitative estimate of drug-likeness (QED) is 0.745. The van der Waals surface area contributed by atoms with Gasteiger partial charge >= 0.3 is 0 Å². The van der Waals surface area contributed by atoms with Gasteiger partial charge in [-0.05, 0) is 12.1 Å². The fourth-order valence-corrected chi connectivity index (χ4v) is 1.93. The monoisotopic (exact) mass is 234 g/mol. The van der Waals surface area contributed by atoms with E-state index in [1.54, 1.807) is 6.07 Å². The standard InChI is InChI=1S/C11H11ClN4/c1-15(2)16-9-5-3-4-8(7-13)11(9)14-10(16)6-12/h3-5H,6H2,1-2H3. The average molecular weight is 235 g/mol. The maximum atomic E-state index is 9.00. The summed E-state index contributed by atoms with van der Waals surface area (Å²) in [5.41, 5.74) is 2.18. The van der Waals surface area contributed by atoms with E-state index < -0.39 is 0 Å². The summed E-state index contributed by atoms with van der Waals surface area (Å²) in [4.78, 5) is 4.39. The van der Waals surface area contributed by atoms with Crippen molar-refractivity contribution >= 4 is 22.6 Å². The van der Waals surface area contributed by atoms with E-state index in [9.17, 15) is 0 Å². The molecule has 1 aromatic heterocycles. The van der Waals surface area contributed by atoms with Crippen molar-refractivity contribution in [3.05, 3.63) is 29.6 Å². The van der Waals surface area contributed by atoms with E-state index in [0.717, 1.165) is 11.3 Å². The molecule has 0 saturated carbocycles. The lowest BCUT2D eigenvalue weighted by Crippen LogP contribution is -2.26. The largest absolute Gasteiger partial charge is 0.317 e. The summed E-state index contributed by atoms with van der Waals surface area (Å²) >= 11 is 5.85. The number of hydrogen-bond donors (Lipinski definition) is 0. The normalized spacial score (nSPS) is 10.4. The first-order chi connectivity index (χ1) is 7.69. The van der Waals surface area contributed by atoms with Gasteiger partial charge in [-0.3, -0.25) is 0 Å². The van der Waals surface area contributed by atoms with Gasteiger partial charge in [-0.15, -0.1) is 11.6 Å². The highest BCUT2D eigenvalue weighted by Gasteiger charge is 2.13. The van der Waals surface area contributed by atoms with Crippen LogP contribution in [0.5, 0.6) is 0 Å². The zero-order chi connectivity index (χ0) is 11.7. The second kappa shape index (κ2) is 4.03. The van der Waals surface area contributed by atoms with Crippen molar-refractivity contribution in [3.8, 4) is 6.07 Å². The summed E-state index contributed by atoms with van der Waals surface area (Å²) in [7, 11) is 3.83. The Morgan fingerprint density at radius 2 is 2.25 bits per heavy atom. The van der Waals surface area contributed by atoms with E-state index in [0.29, 0.717) is 17.0 Å². The molecule has 1 heterocycles. The van der Waals surface area contributed by atoms with Crippen LogP contribution in [0.3, 0.4) is 0 Å². The molecule has 0 aliphatic carbocycles. The SMILES string of the molecule is CN(C)n1c(CCl)nc2c(C#N)cccc21. The van der Waals surface area contributed by atoms with Crippen molar-refractivity contribution in [3.63, 3.8) is 0 Å². The maximum absolute atomic E-state index is 9.00. The Bertz CT molecular complexity index is 565. The van der Waals surface area contributed by atoms with Crippen molar-refractivity contribution < 1.29 is 0 Å². The van der Waals surface area contributed by atoms with Gasteiger partial charge < -0.3 is 5.01 Å². The zero-order valence-corrected chi connectivity index (χ0v) is 9.86. The minimum atomic E-state index is 0.317. The number of imidazole rings is 1. The number of halogens is 1. The molecule has 82 valence electrons. The van der Waals surface area contributed by atoms with Crippen LogP contribution in [0, 0.1) is 11.3 Å². The van der Waals surface area contributed by atoms with Gasteiger partial charge in [-0.25, -0.2) is 9.66 Å². The van der Waals surface area contributed by atoms with Crippen LogP contribution < -0.4 is 5.01 Å². The van der Waals surface area contributed by atoms with Crippen LogP contribution in [0.4, 0.5) is 0 Å². The Kier molecular flexibility index (Phi) is 2.71. The molecule has 1 aromatic carbocycles. The Morgan fingerprint density at radius 3 is 2.81 bits per heavy atom. The third kappa shape index (κ3) is 1.50. The zero-order valence-electron chi connectivity index (χ0n) is 9.11. The summed E-state index contributed by atoms with van der Waals surface area (Å²) in [6.07, 6.45) is 0. The number of nitrogens with zero attached hydrogens (tertiary/aromatic N) is 4. The van der Waals surface area contributed by atoms with Crippen molar-refractivity contribution in [2.24, 2.45) is 0 Å². The topological polar surface area (TPSA) is 44.9 Å². The molecule has 0 aliphatic heterocycles. The van der Waals surface area contributed by atoms with Gasteiger partial charge in [-0.2, -0.15) is 5.26 Å². The average Bonchev–Trinajstić information content (AvgIpc) is 2.66. The summed E-state index contributed by atoms with van der Waals surface area (Å²) in [5, 5.41) is 10.9. The van der Waals surface area contributed by atoms with Crippen LogP contribution in [0.2, 0.25) is 0 Å². The van der Waals surface area contributed by atoms with Crippen molar-refractivity contribution in [1.82, 2.24) is 9.66 Å². The number of aromatic nitrogens is 2. The summed E-state index contributed by atoms with van der Waals surface area (Å²) in [5.74, 6) is 1.06. The molecule has 4 nitrogen and oxygen atoms in total. The summed E-state index contributed by atoms with van der Waals surface area (Å²) in [6, 6.07) is 7.67. The summed E-state index contributed by atoms with van der Waals surface area (Å²) < 4.78 is 1.91. The first-order valence-electron chi connectivity index (χ1n) is 4.83. The highest BCUT2D eigenvalue weighted by molar-refractivity contribution is 6.16. The van der Waals surface area contributed by atoms with Gasteiger partial charge in [-0.1, -0.05) is 6.07 Å². The molecule has 0 amide bonds. The molecule has 2 rings (SSSR count). The lowest BCUT2D eigenvalue weighted by atomic mass is 10.2. The molecule has 0 radical (unpaired) electrons. The van der Waals surface area contributed by atoms with Gasteiger partial charge in [0.25, 0.3) is 0 Å². The minimum Gasteiger partial charge on any atom is -0.317 e. The maximum Gasteiger partial charge on any atom is 0.143 e. The highest BCUT2D eigenvalue weighted by atomic mass is 35.5. The van der Waals surface area contributed by atoms with Crippen molar-refractivity contribution in [1.29, 1.82) is 5.26 Å². The Morgan fingerprint density at radius 1 is 1.50 bits per heavy atom. The molecule has 0 aliphatic rings. The Labute approximate surface area is 98.6 Å². The molecule has 0 bridgehead atoms. The molecule has 0 N–H and O–H groups in total. The predicted octanol–water partition coefficient (Wildman–Crippen LogP) is 1.84. The molecule has 0 unspecified atom stereocenters. The third-order valence-corrected chi connectivity index (χ3v) is 2.61. The molecule has 0 spiro atoms. The Hall–Kier alpha value is -1.73.